The zero-order valence-corrected chi connectivity index (χ0v) is 10.2. The largest absolute Gasteiger partial charge is 0.481 e. The Morgan fingerprint density at radius 2 is 2.33 bits per heavy atom. The quantitative estimate of drug-likeness (QED) is 0.598. The lowest BCUT2D eigenvalue weighted by atomic mass is 9.87. The van der Waals surface area contributed by atoms with E-state index in [-0.39, 0.29) is 12.0 Å². The van der Waals surface area contributed by atoms with E-state index >= 15 is 0 Å². The molecule has 1 aliphatic heterocycles. The fraction of sp³-hybridized carbons (Fsp3) is 0.900. The summed E-state index contributed by atoms with van der Waals surface area (Å²) in [5, 5.41) is 15.5. The van der Waals surface area contributed by atoms with Gasteiger partial charge in [-0.1, -0.05) is 6.92 Å². The van der Waals surface area contributed by atoms with E-state index in [1.807, 2.05) is 0 Å². The molecule has 1 fully saturated rings. The first-order valence-electron chi connectivity index (χ1n) is 5.31. The van der Waals surface area contributed by atoms with Crippen molar-refractivity contribution in [1.82, 2.24) is 10.6 Å². The van der Waals surface area contributed by atoms with Gasteiger partial charge in [0.25, 0.3) is 0 Å². The van der Waals surface area contributed by atoms with E-state index in [4.69, 9.17) is 5.11 Å². The minimum absolute atomic E-state index is 0.206. The van der Waals surface area contributed by atoms with Crippen molar-refractivity contribution in [2.45, 2.75) is 31.3 Å². The SMILES string of the molecule is CCC(CSC)NC1(CC(=O)O)CNC1. The van der Waals surface area contributed by atoms with E-state index in [1.165, 1.54) is 0 Å². The van der Waals surface area contributed by atoms with E-state index in [9.17, 15) is 4.79 Å². The summed E-state index contributed by atoms with van der Waals surface area (Å²) in [6, 6.07) is 0.418. The van der Waals surface area contributed by atoms with Gasteiger partial charge in [0.15, 0.2) is 0 Å². The highest BCUT2D eigenvalue weighted by Gasteiger charge is 2.39. The average Bonchev–Trinajstić information content (AvgIpc) is 2.12. The van der Waals surface area contributed by atoms with Gasteiger partial charge < -0.3 is 15.7 Å². The number of hydrogen-bond acceptors (Lipinski definition) is 4. The van der Waals surface area contributed by atoms with Crippen LogP contribution in [-0.4, -0.2) is 47.8 Å². The van der Waals surface area contributed by atoms with E-state index in [2.05, 4.69) is 23.8 Å². The molecule has 3 N–H and O–H groups in total. The molecule has 0 spiro atoms. The number of aliphatic carboxylic acids is 1. The summed E-state index contributed by atoms with van der Waals surface area (Å²) < 4.78 is 0. The van der Waals surface area contributed by atoms with Crippen LogP contribution in [0.4, 0.5) is 0 Å². The monoisotopic (exact) mass is 232 g/mol. The Hall–Kier alpha value is -0.260. The van der Waals surface area contributed by atoms with Gasteiger partial charge in [0.1, 0.15) is 0 Å². The van der Waals surface area contributed by atoms with Crippen LogP contribution in [0.1, 0.15) is 19.8 Å². The lowest BCUT2D eigenvalue weighted by molar-refractivity contribution is -0.139. The Balaban J connectivity index is 2.47. The molecule has 4 nitrogen and oxygen atoms in total. The Morgan fingerprint density at radius 3 is 2.67 bits per heavy atom. The lowest BCUT2D eigenvalue weighted by Crippen LogP contribution is -2.70. The molecular weight excluding hydrogens is 212 g/mol. The maximum atomic E-state index is 10.8. The summed E-state index contributed by atoms with van der Waals surface area (Å²) in [5.41, 5.74) is -0.206. The molecule has 15 heavy (non-hydrogen) atoms. The third kappa shape index (κ3) is 3.66. The molecule has 1 rings (SSSR count). The van der Waals surface area contributed by atoms with Crippen LogP contribution < -0.4 is 10.6 Å². The number of carbonyl (C=O) groups is 1. The van der Waals surface area contributed by atoms with Gasteiger partial charge in [-0.15, -0.1) is 0 Å². The van der Waals surface area contributed by atoms with Crippen LogP contribution in [0.25, 0.3) is 0 Å². The van der Waals surface area contributed by atoms with Crippen LogP contribution >= 0.6 is 11.8 Å². The van der Waals surface area contributed by atoms with Gasteiger partial charge in [-0.05, 0) is 12.7 Å². The maximum absolute atomic E-state index is 10.8. The molecule has 1 atom stereocenters. The molecule has 0 saturated carbocycles. The van der Waals surface area contributed by atoms with Crippen molar-refractivity contribution in [3.05, 3.63) is 0 Å². The van der Waals surface area contributed by atoms with Crippen LogP contribution in [0.2, 0.25) is 0 Å². The van der Waals surface area contributed by atoms with Gasteiger partial charge in [-0.25, -0.2) is 0 Å². The van der Waals surface area contributed by atoms with Crippen molar-refractivity contribution in [3.63, 3.8) is 0 Å². The van der Waals surface area contributed by atoms with Gasteiger partial charge in [0, 0.05) is 24.9 Å². The third-order valence-electron chi connectivity index (χ3n) is 2.79. The van der Waals surface area contributed by atoms with Crippen molar-refractivity contribution in [2.75, 3.05) is 25.1 Å². The third-order valence-corrected chi connectivity index (χ3v) is 3.52. The number of rotatable bonds is 7. The highest BCUT2D eigenvalue weighted by molar-refractivity contribution is 7.98. The maximum Gasteiger partial charge on any atom is 0.305 e. The fourth-order valence-corrected chi connectivity index (χ4v) is 2.61. The molecule has 1 unspecified atom stereocenters. The summed E-state index contributed by atoms with van der Waals surface area (Å²) >= 11 is 1.80. The summed E-state index contributed by atoms with van der Waals surface area (Å²) in [7, 11) is 0. The van der Waals surface area contributed by atoms with Crippen molar-refractivity contribution in [3.8, 4) is 0 Å². The van der Waals surface area contributed by atoms with Gasteiger partial charge in [-0.2, -0.15) is 11.8 Å². The van der Waals surface area contributed by atoms with Crippen molar-refractivity contribution in [1.29, 1.82) is 0 Å². The van der Waals surface area contributed by atoms with Crippen LogP contribution in [0.5, 0.6) is 0 Å². The molecule has 1 heterocycles. The fourth-order valence-electron chi connectivity index (χ4n) is 1.89. The number of carboxylic acid groups (broad SMARTS) is 1. The van der Waals surface area contributed by atoms with Crippen LogP contribution in [-0.2, 0) is 4.79 Å². The summed E-state index contributed by atoms with van der Waals surface area (Å²) in [5.74, 6) is 0.320. The molecule has 88 valence electrons. The van der Waals surface area contributed by atoms with Gasteiger partial charge in [0.2, 0.25) is 0 Å². The summed E-state index contributed by atoms with van der Waals surface area (Å²) in [4.78, 5) is 10.8. The standard InChI is InChI=1S/C10H20N2O2S/c1-3-8(5-15-2)12-10(4-9(13)14)6-11-7-10/h8,11-12H,3-7H2,1-2H3,(H,13,14). The molecule has 0 amide bonds. The van der Waals surface area contributed by atoms with Crippen LogP contribution in [0.3, 0.4) is 0 Å². The predicted molar refractivity (Wildman–Crippen MR) is 63.5 cm³/mol. The molecule has 0 bridgehead atoms. The molecule has 1 saturated heterocycles. The Bertz CT molecular complexity index is 219. The first-order valence-corrected chi connectivity index (χ1v) is 6.70. The van der Waals surface area contributed by atoms with Crippen LogP contribution in [0.15, 0.2) is 0 Å². The molecule has 0 aliphatic carbocycles. The molecule has 0 aromatic heterocycles. The molecule has 5 heteroatoms. The zero-order valence-electron chi connectivity index (χ0n) is 9.38. The predicted octanol–water partition coefficient (Wildman–Crippen LogP) is 0.534. The van der Waals surface area contributed by atoms with Crippen LogP contribution in [0, 0.1) is 0 Å². The first kappa shape index (κ1) is 12.8. The number of carboxylic acids is 1. The van der Waals surface area contributed by atoms with Crippen molar-refractivity contribution < 1.29 is 9.90 Å². The molecule has 0 aromatic carbocycles. The Kier molecular flexibility index (Phi) is 4.89. The minimum Gasteiger partial charge on any atom is -0.481 e. The zero-order chi connectivity index (χ0) is 11.3. The molecular formula is C10H20N2O2S. The second-order valence-electron chi connectivity index (χ2n) is 4.16. The van der Waals surface area contributed by atoms with Crippen molar-refractivity contribution >= 4 is 17.7 Å². The number of hydrogen-bond donors (Lipinski definition) is 3. The first-order chi connectivity index (χ1) is 7.12. The Labute approximate surface area is 95.2 Å². The van der Waals surface area contributed by atoms with Crippen molar-refractivity contribution in [2.24, 2.45) is 0 Å². The number of thioether (sulfide) groups is 1. The molecule has 0 radical (unpaired) electrons. The van der Waals surface area contributed by atoms with E-state index in [0.29, 0.717) is 6.04 Å². The minimum atomic E-state index is -0.719. The van der Waals surface area contributed by atoms with E-state index < -0.39 is 5.97 Å². The highest BCUT2D eigenvalue weighted by atomic mass is 32.2. The molecule has 1 aliphatic rings. The average molecular weight is 232 g/mol. The Morgan fingerprint density at radius 1 is 1.67 bits per heavy atom. The van der Waals surface area contributed by atoms with E-state index in [0.717, 1.165) is 25.3 Å². The van der Waals surface area contributed by atoms with E-state index in [1.54, 1.807) is 11.8 Å². The summed E-state index contributed by atoms with van der Waals surface area (Å²) in [6.07, 6.45) is 3.33. The topological polar surface area (TPSA) is 61.4 Å². The summed E-state index contributed by atoms with van der Waals surface area (Å²) in [6.45, 7) is 3.67. The molecule has 0 aromatic rings. The van der Waals surface area contributed by atoms with Gasteiger partial charge in [-0.3, -0.25) is 4.79 Å². The second kappa shape index (κ2) is 5.72. The van der Waals surface area contributed by atoms with Gasteiger partial charge in [0.05, 0.1) is 12.0 Å². The second-order valence-corrected chi connectivity index (χ2v) is 5.07. The van der Waals surface area contributed by atoms with Gasteiger partial charge >= 0.3 is 5.97 Å². The highest BCUT2D eigenvalue weighted by Crippen LogP contribution is 2.18. The normalized spacial score (nSPS) is 20.7. The lowest BCUT2D eigenvalue weighted by Gasteiger charge is -2.44. The number of nitrogens with one attached hydrogen (secondary N) is 2. The smallest absolute Gasteiger partial charge is 0.305 e.